The summed E-state index contributed by atoms with van der Waals surface area (Å²) in [5.74, 6) is 1.60. The van der Waals surface area contributed by atoms with Crippen LogP contribution in [0.3, 0.4) is 0 Å². The highest BCUT2D eigenvalue weighted by Gasteiger charge is 2.07. The van der Waals surface area contributed by atoms with Gasteiger partial charge in [0.15, 0.2) is 5.82 Å². The maximum Gasteiger partial charge on any atom is 0.239 e. The van der Waals surface area contributed by atoms with Crippen molar-refractivity contribution in [2.45, 2.75) is 20.8 Å². The zero-order valence-electron chi connectivity index (χ0n) is 10.9. The van der Waals surface area contributed by atoms with Gasteiger partial charge in [0, 0.05) is 6.20 Å². The average molecular weight is 246 g/mol. The van der Waals surface area contributed by atoms with Crippen LogP contribution in [0, 0.1) is 12.8 Å². The number of ether oxygens (including phenoxy) is 1. The van der Waals surface area contributed by atoms with Gasteiger partial charge in [-0.1, -0.05) is 13.8 Å². The number of rotatable bonds is 4. The third-order valence-corrected chi connectivity index (χ3v) is 2.37. The quantitative estimate of drug-likeness (QED) is 0.898. The molecule has 96 valence electrons. The van der Waals surface area contributed by atoms with E-state index in [2.05, 4.69) is 23.9 Å². The van der Waals surface area contributed by atoms with E-state index in [1.165, 1.54) is 0 Å². The largest absolute Gasteiger partial charge is 0.476 e. The smallest absolute Gasteiger partial charge is 0.239 e. The topological polar surface area (TPSA) is 66.0 Å². The maximum absolute atomic E-state index is 5.84. The summed E-state index contributed by atoms with van der Waals surface area (Å²) in [6.07, 6.45) is 3.69. The first-order chi connectivity index (χ1) is 8.56. The number of anilines is 1. The number of nitrogen functional groups attached to an aromatic ring is 1. The van der Waals surface area contributed by atoms with Crippen LogP contribution in [0.5, 0.6) is 5.88 Å². The summed E-state index contributed by atoms with van der Waals surface area (Å²) >= 11 is 0. The fourth-order valence-corrected chi connectivity index (χ4v) is 1.47. The lowest BCUT2D eigenvalue weighted by Gasteiger charge is -2.11. The van der Waals surface area contributed by atoms with Crippen LogP contribution in [0.2, 0.25) is 0 Å². The highest BCUT2D eigenvalue weighted by molar-refractivity contribution is 5.50. The third-order valence-electron chi connectivity index (χ3n) is 2.37. The van der Waals surface area contributed by atoms with E-state index in [-0.39, 0.29) is 0 Å². The van der Waals surface area contributed by atoms with Gasteiger partial charge in [-0.25, -0.2) is 4.68 Å². The van der Waals surface area contributed by atoms with E-state index >= 15 is 0 Å². The third kappa shape index (κ3) is 2.80. The number of aromatic nitrogens is 3. The number of hydrogen-bond acceptors (Lipinski definition) is 4. The molecule has 0 bridgehead atoms. The van der Waals surface area contributed by atoms with Crippen LogP contribution in [-0.2, 0) is 0 Å². The Bertz CT molecular complexity index is 534. The van der Waals surface area contributed by atoms with Gasteiger partial charge in [-0.05, 0) is 30.5 Å². The van der Waals surface area contributed by atoms with Crippen molar-refractivity contribution in [3.8, 4) is 11.7 Å². The summed E-state index contributed by atoms with van der Waals surface area (Å²) in [7, 11) is 0. The van der Waals surface area contributed by atoms with Crippen molar-refractivity contribution >= 4 is 5.69 Å². The SMILES string of the molecule is Cc1cnn(-c2ccc(N)c(OCC(C)C)n2)c1. The second-order valence-corrected chi connectivity index (χ2v) is 4.73. The average Bonchev–Trinajstić information content (AvgIpc) is 2.74. The van der Waals surface area contributed by atoms with Gasteiger partial charge in [0.1, 0.15) is 0 Å². The van der Waals surface area contributed by atoms with Gasteiger partial charge >= 0.3 is 0 Å². The minimum Gasteiger partial charge on any atom is -0.476 e. The standard InChI is InChI=1S/C13H18N4O/c1-9(2)8-18-13-11(14)4-5-12(16-13)17-7-10(3)6-15-17/h4-7,9H,8,14H2,1-3H3. The molecule has 2 aromatic rings. The Morgan fingerprint density at radius 1 is 1.39 bits per heavy atom. The van der Waals surface area contributed by atoms with Crippen molar-refractivity contribution in [3.05, 3.63) is 30.1 Å². The predicted molar refractivity (Wildman–Crippen MR) is 70.8 cm³/mol. The van der Waals surface area contributed by atoms with E-state index < -0.39 is 0 Å². The lowest BCUT2D eigenvalue weighted by Crippen LogP contribution is -2.09. The van der Waals surface area contributed by atoms with Crippen LogP contribution in [0.25, 0.3) is 5.82 Å². The first-order valence-corrected chi connectivity index (χ1v) is 5.97. The molecular formula is C13H18N4O. The number of aryl methyl sites for hydroxylation is 1. The Hall–Kier alpha value is -2.04. The fourth-order valence-electron chi connectivity index (χ4n) is 1.47. The van der Waals surface area contributed by atoms with E-state index in [0.29, 0.717) is 29.9 Å². The Kier molecular flexibility index (Phi) is 3.50. The molecule has 0 aromatic carbocycles. The summed E-state index contributed by atoms with van der Waals surface area (Å²) in [6, 6.07) is 3.61. The van der Waals surface area contributed by atoms with Gasteiger partial charge in [-0.2, -0.15) is 10.1 Å². The number of pyridine rings is 1. The van der Waals surface area contributed by atoms with Crippen molar-refractivity contribution in [2.24, 2.45) is 5.92 Å². The highest BCUT2D eigenvalue weighted by Crippen LogP contribution is 2.20. The molecule has 18 heavy (non-hydrogen) atoms. The Morgan fingerprint density at radius 3 is 2.78 bits per heavy atom. The van der Waals surface area contributed by atoms with E-state index in [4.69, 9.17) is 10.5 Å². The fraction of sp³-hybridized carbons (Fsp3) is 0.385. The Morgan fingerprint density at radius 2 is 2.17 bits per heavy atom. The number of nitrogens with two attached hydrogens (primary N) is 1. The van der Waals surface area contributed by atoms with Crippen molar-refractivity contribution < 1.29 is 4.74 Å². The normalized spacial score (nSPS) is 10.9. The summed E-state index contributed by atoms with van der Waals surface area (Å²) in [6.45, 7) is 6.74. The van der Waals surface area contributed by atoms with E-state index in [9.17, 15) is 0 Å². The monoisotopic (exact) mass is 246 g/mol. The van der Waals surface area contributed by atoms with Gasteiger partial charge in [0.2, 0.25) is 5.88 Å². The summed E-state index contributed by atoms with van der Waals surface area (Å²) in [4.78, 5) is 4.38. The second kappa shape index (κ2) is 5.08. The van der Waals surface area contributed by atoms with Crippen LogP contribution in [0.15, 0.2) is 24.5 Å². The van der Waals surface area contributed by atoms with Crippen molar-refractivity contribution in [1.82, 2.24) is 14.8 Å². The van der Waals surface area contributed by atoms with E-state index in [1.54, 1.807) is 16.9 Å². The molecule has 5 heteroatoms. The summed E-state index contributed by atoms with van der Waals surface area (Å²) in [5.41, 5.74) is 7.47. The molecule has 0 aliphatic rings. The number of nitrogens with zero attached hydrogens (tertiary/aromatic N) is 3. The molecule has 0 spiro atoms. The molecule has 0 atom stereocenters. The molecule has 0 amide bonds. The molecule has 2 aromatic heterocycles. The summed E-state index contributed by atoms with van der Waals surface area (Å²) < 4.78 is 7.30. The Balaban J connectivity index is 2.25. The van der Waals surface area contributed by atoms with Gasteiger partial charge < -0.3 is 10.5 Å². The molecule has 0 unspecified atom stereocenters. The first-order valence-electron chi connectivity index (χ1n) is 5.97. The Labute approximate surface area is 107 Å². The molecule has 0 saturated heterocycles. The van der Waals surface area contributed by atoms with Crippen LogP contribution in [0.4, 0.5) is 5.69 Å². The minimum atomic E-state index is 0.432. The van der Waals surface area contributed by atoms with Crippen LogP contribution < -0.4 is 10.5 Å². The number of hydrogen-bond donors (Lipinski definition) is 1. The van der Waals surface area contributed by atoms with Gasteiger partial charge in [-0.3, -0.25) is 0 Å². The second-order valence-electron chi connectivity index (χ2n) is 4.73. The van der Waals surface area contributed by atoms with Crippen LogP contribution in [-0.4, -0.2) is 21.4 Å². The molecule has 2 rings (SSSR count). The van der Waals surface area contributed by atoms with Crippen molar-refractivity contribution in [1.29, 1.82) is 0 Å². The van der Waals surface area contributed by atoms with Crippen molar-refractivity contribution in [3.63, 3.8) is 0 Å². The maximum atomic E-state index is 5.84. The molecular weight excluding hydrogens is 228 g/mol. The lowest BCUT2D eigenvalue weighted by atomic mass is 10.2. The van der Waals surface area contributed by atoms with Gasteiger partial charge in [0.05, 0.1) is 18.5 Å². The molecule has 2 heterocycles. The molecule has 5 nitrogen and oxygen atoms in total. The molecule has 0 radical (unpaired) electrons. The molecule has 0 fully saturated rings. The van der Waals surface area contributed by atoms with E-state index in [1.807, 2.05) is 19.2 Å². The molecule has 2 N–H and O–H groups in total. The summed E-state index contributed by atoms with van der Waals surface area (Å²) in [5, 5.41) is 4.21. The lowest BCUT2D eigenvalue weighted by molar-refractivity contribution is 0.262. The molecule has 0 aliphatic carbocycles. The van der Waals surface area contributed by atoms with Crippen molar-refractivity contribution in [2.75, 3.05) is 12.3 Å². The first kappa shape index (κ1) is 12.4. The zero-order valence-corrected chi connectivity index (χ0v) is 10.9. The molecule has 0 saturated carbocycles. The van der Waals surface area contributed by atoms with Gasteiger partial charge in [-0.15, -0.1) is 0 Å². The zero-order chi connectivity index (χ0) is 13.1. The van der Waals surface area contributed by atoms with E-state index in [0.717, 1.165) is 5.56 Å². The predicted octanol–water partition coefficient (Wildman–Crippen LogP) is 2.19. The highest BCUT2D eigenvalue weighted by atomic mass is 16.5. The van der Waals surface area contributed by atoms with Crippen LogP contribution in [0.1, 0.15) is 19.4 Å². The van der Waals surface area contributed by atoms with Gasteiger partial charge in [0.25, 0.3) is 0 Å². The molecule has 0 aliphatic heterocycles. The van der Waals surface area contributed by atoms with Crippen LogP contribution >= 0.6 is 0 Å². The minimum absolute atomic E-state index is 0.432.